The summed E-state index contributed by atoms with van der Waals surface area (Å²) in [6, 6.07) is 0.217. The molecule has 0 aromatic rings. The maximum atomic E-state index is 13.1. The van der Waals surface area contributed by atoms with Gasteiger partial charge in [-0.3, -0.25) is 0 Å². The molecular weight excluding hydrogens is 614 g/mol. The molecule has 3 saturated heterocycles. The molecule has 2 spiro atoms. The van der Waals surface area contributed by atoms with E-state index in [9.17, 15) is 9.59 Å². The Labute approximate surface area is 296 Å². The Balaban J connectivity index is 1.02. The fourth-order valence-electron chi connectivity index (χ4n) is 14.2. The number of fused-ring (bicyclic) bond motifs is 4. The van der Waals surface area contributed by atoms with E-state index in [1.165, 1.54) is 51.4 Å². The molecule has 276 valence electrons. The van der Waals surface area contributed by atoms with Crippen LogP contribution in [0.15, 0.2) is 0 Å². The number of alkyl carbamates (subject to hydrolysis) is 1. The van der Waals surface area contributed by atoms with Crippen LogP contribution in [0.25, 0.3) is 0 Å². The van der Waals surface area contributed by atoms with Gasteiger partial charge in [-0.1, -0.05) is 47.0 Å². The predicted octanol–water partition coefficient (Wildman–Crippen LogP) is 7.70. The molecule has 0 aromatic carbocycles. The standard InChI is InChI=1S/C41H66N3O5/c1-8-27-33-28-14-16-31-38(4,5)32(48-36(45)42-26-22-43(7)23-26)12-9-18-41(31)24-40(28,41)19-10-17-39(33,6)29-13-15-30(47-35(27)29)34(25(2)3)49-37(46)44-20-11-21-44/h8,25-35H,9-24H2,1-7H3,(H,42,45)/q-1. The van der Waals surface area contributed by atoms with Gasteiger partial charge in [-0.2, -0.15) is 6.92 Å². The van der Waals surface area contributed by atoms with Gasteiger partial charge in [0, 0.05) is 37.7 Å². The summed E-state index contributed by atoms with van der Waals surface area (Å²) in [6.07, 6.45) is 16.7. The van der Waals surface area contributed by atoms with Crippen molar-refractivity contribution in [3.05, 3.63) is 6.42 Å². The minimum absolute atomic E-state index is 0.0274. The number of amides is 2. The van der Waals surface area contributed by atoms with Gasteiger partial charge in [0.25, 0.3) is 0 Å². The van der Waals surface area contributed by atoms with Crippen LogP contribution >= 0.6 is 0 Å². The molecule has 49 heavy (non-hydrogen) atoms. The fourth-order valence-corrected chi connectivity index (χ4v) is 14.2. The molecule has 8 rings (SSSR count). The van der Waals surface area contributed by atoms with Gasteiger partial charge in [-0.15, -0.1) is 5.92 Å². The van der Waals surface area contributed by atoms with Gasteiger partial charge in [-0.25, -0.2) is 9.59 Å². The van der Waals surface area contributed by atoms with E-state index in [-0.39, 0.29) is 59.4 Å². The lowest BCUT2D eigenvalue weighted by atomic mass is 9.53. The summed E-state index contributed by atoms with van der Waals surface area (Å²) in [4.78, 5) is 30.1. The summed E-state index contributed by atoms with van der Waals surface area (Å²) in [5, 5.41) is 3.15. The average Bonchev–Trinajstić information content (AvgIpc) is 3.66. The van der Waals surface area contributed by atoms with E-state index in [0.717, 1.165) is 57.8 Å². The monoisotopic (exact) mass is 681 g/mol. The van der Waals surface area contributed by atoms with Crippen LogP contribution in [0.1, 0.15) is 119 Å². The molecule has 5 aliphatic carbocycles. The number of carbonyl (C=O) groups excluding carboxylic acids is 2. The highest BCUT2D eigenvalue weighted by molar-refractivity contribution is 5.69. The largest absolute Gasteiger partial charge is 0.446 e. The van der Waals surface area contributed by atoms with E-state index in [4.69, 9.17) is 14.2 Å². The zero-order valence-electron chi connectivity index (χ0n) is 31.7. The summed E-state index contributed by atoms with van der Waals surface area (Å²) in [5.41, 5.74) is 1.02. The Morgan fingerprint density at radius 2 is 1.65 bits per heavy atom. The molecule has 3 heterocycles. The van der Waals surface area contributed by atoms with Crippen LogP contribution in [0, 0.1) is 63.6 Å². The van der Waals surface area contributed by atoms with Crippen molar-refractivity contribution < 1.29 is 23.8 Å². The Morgan fingerprint density at radius 3 is 2.33 bits per heavy atom. The topological polar surface area (TPSA) is 80.3 Å². The third-order valence-electron chi connectivity index (χ3n) is 16.5. The number of likely N-dealkylation sites (tertiary alicyclic amines) is 2. The molecule has 8 heteroatoms. The number of hydrogen-bond acceptors (Lipinski definition) is 6. The first-order valence-electron chi connectivity index (χ1n) is 20.4. The Kier molecular flexibility index (Phi) is 8.65. The Hall–Kier alpha value is -1.54. The minimum atomic E-state index is -0.209. The number of likely N-dealkylation sites (N-methyl/N-ethyl adjacent to an activating group) is 1. The molecule has 2 amide bonds. The third kappa shape index (κ3) is 5.23. The van der Waals surface area contributed by atoms with E-state index in [1.807, 2.05) is 4.90 Å². The molecule has 0 bridgehead atoms. The van der Waals surface area contributed by atoms with Crippen LogP contribution in [0.5, 0.6) is 0 Å². The van der Waals surface area contributed by atoms with Crippen molar-refractivity contribution in [2.24, 2.45) is 57.2 Å². The highest BCUT2D eigenvalue weighted by atomic mass is 16.6. The first-order valence-corrected chi connectivity index (χ1v) is 20.4. The highest BCUT2D eigenvalue weighted by Crippen LogP contribution is 2.86. The molecule has 12 unspecified atom stereocenters. The lowest BCUT2D eigenvalue weighted by molar-refractivity contribution is -0.152. The molecule has 0 radical (unpaired) electrons. The average molecular weight is 681 g/mol. The summed E-state index contributed by atoms with van der Waals surface area (Å²) >= 11 is 0. The first kappa shape index (κ1) is 34.5. The molecule has 3 aliphatic heterocycles. The van der Waals surface area contributed by atoms with Crippen molar-refractivity contribution in [1.29, 1.82) is 0 Å². The summed E-state index contributed by atoms with van der Waals surface area (Å²) in [7, 11) is 2.09. The van der Waals surface area contributed by atoms with Gasteiger partial charge in [-0.05, 0) is 118 Å². The second kappa shape index (κ2) is 12.3. The van der Waals surface area contributed by atoms with Crippen LogP contribution < -0.4 is 5.32 Å². The molecule has 8 nitrogen and oxygen atoms in total. The third-order valence-corrected chi connectivity index (χ3v) is 16.5. The fraction of sp³-hybridized carbons (Fsp3) is 0.927. The quantitative estimate of drug-likeness (QED) is 0.290. The van der Waals surface area contributed by atoms with Crippen LogP contribution in [-0.2, 0) is 14.2 Å². The van der Waals surface area contributed by atoms with Crippen molar-refractivity contribution in [2.45, 2.75) is 149 Å². The minimum Gasteiger partial charge on any atom is -0.446 e. The number of ether oxygens (including phenoxy) is 3. The van der Waals surface area contributed by atoms with Crippen molar-refractivity contribution in [1.82, 2.24) is 15.1 Å². The predicted molar refractivity (Wildman–Crippen MR) is 190 cm³/mol. The van der Waals surface area contributed by atoms with E-state index < -0.39 is 0 Å². The second-order valence-corrected chi connectivity index (χ2v) is 19.4. The van der Waals surface area contributed by atoms with Crippen molar-refractivity contribution >= 4 is 12.2 Å². The molecule has 1 N–H and O–H groups in total. The first-order chi connectivity index (χ1) is 23.3. The van der Waals surface area contributed by atoms with E-state index in [2.05, 4.69) is 65.2 Å². The van der Waals surface area contributed by atoms with Gasteiger partial charge < -0.3 is 35.7 Å². The van der Waals surface area contributed by atoms with Gasteiger partial charge in [0.2, 0.25) is 0 Å². The second-order valence-electron chi connectivity index (χ2n) is 19.4. The van der Waals surface area contributed by atoms with Gasteiger partial charge >= 0.3 is 12.2 Å². The molecular formula is C41H66N3O5-. The lowest BCUT2D eigenvalue weighted by Crippen LogP contribution is -2.58. The highest BCUT2D eigenvalue weighted by Gasteiger charge is 2.79. The molecule has 8 aliphatic rings. The van der Waals surface area contributed by atoms with Crippen LogP contribution in [0.4, 0.5) is 9.59 Å². The molecule has 8 fully saturated rings. The number of nitrogens with one attached hydrogen (secondary N) is 1. The Bertz CT molecular complexity index is 1280. The van der Waals surface area contributed by atoms with Gasteiger partial charge in [0.15, 0.2) is 0 Å². The van der Waals surface area contributed by atoms with Crippen LogP contribution in [-0.4, -0.2) is 85.7 Å². The van der Waals surface area contributed by atoms with E-state index >= 15 is 0 Å². The summed E-state index contributed by atoms with van der Waals surface area (Å²) in [6.45, 7) is 17.7. The smallest absolute Gasteiger partial charge is 0.410 e. The maximum Gasteiger partial charge on any atom is 0.410 e. The summed E-state index contributed by atoms with van der Waals surface area (Å²) in [5.74, 6) is 3.18. The van der Waals surface area contributed by atoms with Gasteiger partial charge in [0.1, 0.15) is 12.2 Å². The van der Waals surface area contributed by atoms with Crippen molar-refractivity contribution in [3.63, 3.8) is 0 Å². The SMILES string of the molecule is C[CH-]C1C2OC(C(OC(=O)N3CCC3)C(C)C)CCC2C2(C)CCCC34CC35CCCC(OC(=O)NC3CN(C)C3)C(C)(C)C5CCC4C12. The van der Waals surface area contributed by atoms with Crippen LogP contribution in [0.2, 0.25) is 0 Å². The summed E-state index contributed by atoms with van der Waals surface area (Å²) < 4.78 is 19.8. The van der Waals surface area contributed by atoms with Gasteiger partial charge in [0.05, 0.1) is 12.1 Å². The van der Waals surface area contributed by atoms with Crippen molar-refractivity contribution in [3.8, 4) is 0 Å². The number of hydrogen-bond donors (Lipinski definition) is 1. The number of carbonyl (C=O) groups is 2. The Morgan fingerprint density at radius 1 is 0.918 bits per heavy atom. The van der Waals surface area contributed by atoms with Crippen molar-refractivity contribution in [2.75, 3.05) is 33.2 Å². The van der Waals surface area contributed by atoms with Crippen LogP contribution in [0.3, 0.4) is 0 Å². The molecule has 12 atom stereocenters. The normalized spacial score (nSPS) is 46.2. The van der Waals surface area contributed by atoms with E-state index in [0.29, 0.717) is 34.5 Å². The molecule has 0 aromatic heterocycles. The zero-order valence-corrected chi connectivity index (χ0v) is 31.7. The lowest BCUT2D eigenvalue weighted by Gasteiger charge is -2.53. The molecule has 5 saturated carbocycles. The zero-order chi connectivity index (χ0) is 34.5. The maximum absolute atomic E-state index is 13.1. The van der Waals surface area contributed by atoms with E-state index in [1.54, 1.807) is 0 Å². The number of nitrogens with zero attached hydrogens (tertiary/aromatic N) is 2. The number of rotatable bonds is 6.